The van der Waals surface area contributed by atoms with Gasteiger partial charge >= 0.3 is 5.97 Å². The molecule has 2 N–H and O–H groups in total. The molecule has 0 unspecified atom stereocenters. The van der Waals surface area contributed by atoms with Crippen molar-refractivity contribution in [2.45, 2.75) is 45.6 Å². The second kappa shape index (κ2) is 7.29. The van der Waals surface area contributed by atoms with Crippen molar-refractivity contribution in [1.82, 2.24) is 9.78 Å². The van der Waals surface area contributed by atoms with Gasteiger partial charge in [0, 0.05) is 12.6 Å². The Kier molecular flexibility index (Phi) is 5.39. The number of carbonyl (C=O) groups excluding carboxylic acids is 1. The van der Waals surface area contributed by atoms with Gasteiger partial charge in [-0.1, -0.05) is 29.8 Å². The van der Waals surface area contributed by atoms with Crippen LogP contribution in [0.15, 0.2) is 36.7 Å². The van der Waals surface area contributed by atoms with Gasteiger partial charge < -0.3 is 10.4 Å². The fraction of sp³-hybridized carbons (Fsp3) is 0.389. The van der Waals surface area contributed by atoms with Crippen LogP contribution in [0.25, 0.3) is 0 Å². The van der Waals surface area contributed by atoms with E-state index in [1.165, 1.54) is 28.2 Å². The number of carboxylic acid groups (broad SMARTS) is 1. The third-order valence-electron chi connectivity index (χ3n) is 3.95. The van der Waals surface area contributed by atoms with Crippen LogP contribution < -0.4 is 5.32 Å². The van der Waals surface area contributed by atoms with Crippen LogP contribution in [-0.2, 0) is 21.5 Å². The van der Waals surface area contributed by atoms with Crippen LogP contribution in [0.2, 0.25) is 0 Å². The van der Waals surface area contributed by atoms with Gasteiger partial charge in [-0.3, -0.25) is 9.48 Å². The van der Waals surface area contributed by atoms with Crippen LogP contribution in [-0.4, -0.2) is 26.8 Å². The first-order chi connectivity index (χ1) is 11.3. The molecular formula is C18H23N3O3. The van der Waals surface area contributed by atoms with E-state index in [1.54, 1.807) is 13.8 Å². The summed E-state index contributed by atoms with van der Waals surface area (Å²) >= 11 is 0. The number of rotatable bonds is 7. The van der Waals surface area contributed by atoms with E-state index in [4.69, 9.17) is 0 Å². The van der Waals surface area contributed by atoms with E-state index in [0.717, 1.165) is 12.8 Å². The lowest BCUT2D eigenvalue weighted by atomic mass is 10.1. The van der Waals surface area contributed by atoms with Crippen molar-refractivity contribution in [3.05, 3.63) is 47.8 Å². The molecule has 6 nitrogen and oxygen atoms in total. The molecule has 0 aliphatic rings. The van der Waals surface area contributed by atoms with Crippen molar-refractivity contribution < 1.29 is 14.7 Å². The number of carbonyl (C=O) groups is 2. The lowest BCUT2D eigenvalue weighted by Crippen LogP contribution is -2.35. The lowest BCUT2D eigenvalue weighted by Gasteiger charge is -2.19. The number of anilines is 1. The number of amides is 1. The molecule has 0 bridgehead atoms. The van der Waals surface area contributed by atoms with E-state index >= 15 is 0 Å². The van der Waals surface area contributed by atoms with Crippen molar-refractivity contribution in [2.24, 2.45) is 0 Å². The largest absolute Gasteiger partial charge is 0.479 e. The molecule has 0 saturated carbocycles. The van der Waals surface area contributed by atoms with E-state index in [0.29, 0.717) is 12.1 Å². The van der Waals surface area contributed by atoms with E-state index in [2.05, 4.69) is 34.7 Å². The van der Waals surface area contributed by atoms with E-state index in [1.807, 2.05) is 6.92 Å². The van der Waals surface area contributed by atoms with Crippen molar-refractivity contribution in [1.29, 1.82) is 0 Å². The van der Waals surface area contributed by atoms with Crippen molar-refractivity contribution >= 4 is 17.6 Å². The second-order valence-electron chi connectivity index (χ2n) is 6.43. The summed E-state index contributed by atoms with van der Waals surface area (Å²) < 4.78 is 1.33. The molecule has 0 fully saturated rings. The van der Waals surface area contributed by atoms with Gasteiger partial charge in [0.25, 0.3) is 0 Å². The third-order valence-corrected chi connectivity index (χ3v) is 3.95. The Balaban J connectivity index is 1.83. The molecule has 6 heteroatoms. The number of hydrogen-bond acceptors (Lipinski definition) is 3. The number of aliphatic carboxylic acids is 1. The molecular weight excluding hydrogens is 306 g/mol. The standard InChI is InChI=1S/C18H23N3O3/c1-13-7-9-14(10-8-13)5-4-6-16(22)20-15-11-19-21(12-15)18(2,3)17(23)24/h7-12H,4-6H2,1-3H3,(H,20,22)(H,23,24). The van der Waals surface area contributed by atoms with Crippen LogP contribution in [0.1, 0.15) is 37.8 Å². The summed E-state index contributed by atoms with van der Waals surface area (Å²) in [6, 6.07) is 8.28. The molecule has 0 radical (unpaired) electrons. The maximum Gasteiger partial charge on any atom is 0.331 e. The van der Waals surface area contributed by atoms with Crippen LogP contribution in [0.5, 0.6) is 0 Å². The topological polar surface area (TPSA) is 84.2 Å². The Morgan fingerprint density at radius 1 is 1.25 bits per heavy atom. The number of nitrogens with one attached hydrogen (secondary N) is 1. The average molecular weight is 329 g/mol. The predicted octanol–water partition coefficient (Wildman–Crippen LogP) is 2.97. The Bertz CT molecular complexity index is 717. The molecule has 0 aliphatic heterocycles. The summed E-state index contributed by atoms with van der Waals surface area (Å²) in [5.74, 6) is -1.09. The molecule has 0 spiro atoms. The maximum absolute atomic E-state index is 12.0. The second-order valence-corrected chi connectivity index (χ2v) is 6.43. The third kappa shape index (κ3) is 4.44. The fourth-order valence-electron chi connectivity index (χ4n) is 2.22. The molecule has 2 rings (SSSR count). The molecule has 0 aliphatic carbocycles. The van der Waals surface area contributed by atoms with Crippen LogP contribution in [0, 0.1) is 6.92 Å². The fourth-order valence-corrected chi connectivity index (χ4v) is 2.22. The first-order valence-electron chi connectivity index (χ1n) is 7.93. The first-order valence-corrected chi connectivity index (χ1v) is 7.93. The minimum atomic E-state index is -1.16. The van der Waals surface area contributed by atoms with Gasteiger partial charge in [0.2, 0.25) is 5.91 Å². The van der Waals surface area contributed by atoms with Gasteiger partial charge in [0.05, 0.1) is 11.9 Å². The van der Waals surface area contributed by atoms with Gasteiger partial charge in [-0.2, -0.15) is 5.10 Å². The number of nitrogens with zero attached hydrogens (tertiary/aromatic N) is 2. The Morgan fingerprint density at radius 2 is 1.92 bits per heavy atom. The molecule has 1 aromatic heterocycles. The number of benzene rings is 1. The summed E-state index contributed by atoms with van der Waals surface area (Å²) in [6.45, 7) is 5.15. The number of aryl methyl sites for hydroxylation is 2. The van der Waals surface area contributed by atoms with E-state index < -0.39 is 11.5 Å². The smallest absolute Gasteiger partial charge is 0.331 e. The highest BCUT2D eigenvalue weighted by atomic mass is 16.4. The highest BCUT2D eigenvalue weighted by Gasteiger charge is 2.30. The van der Waals surface area contributed by atoms with Crippen LogP contribution in [0.4, 0.5) is 5.69 Å². The Morgan fingerprint density at radius 3 is 2.54 bits per heavy atom. The molecule has 24 heavy (non-hydrogen) atoms. The quantitative estimate of drug-likeness (QED) is 0.818. The number of hydrogen-bond donors (Lipinski definition) is 2. The summed E-state index contributed by atoms with van der Waals surface area (Å²) in [5.41, 5.74) is 1.78. The molecule has 1 aromatic carbocycles. The summed E-state index contributed by atoms with van der Waals surface area (Å²) in [7, 11) is 0. The number of carboxylic acids is 1. The molecule has 1 amide bonds. The summed E-state index contributed by atoms with van der Waals surface area (Å²) in [4.78, 5) is 23.2. The molecule has 0 atom stereocenters. The highest BCUT2D eigenvalue weighted by Crippen LogP contribution is 2.17. The molecule has 128 valence electrons. The monoisotopic (exact) mass is 329 g/mol. The SMILES string of the molecule is Cc1ccc(CCCC(=O)Nc2cnn(C(C)(C)C(=O)O)c2)cc1. The molecule has 1 heterocycles. The van der Waals surface area contributed by atoms with Crippen molar-refractivity contribution in [3.8, 4) is 0 Å². The zero-order valence-electron chi connectivity index (χ0n) is 14.2. The zero-order valence-corrected chi connectivity index (χ0v) is 14.2. The maximum atomic E-state index is 12.0. The Hall–Kier alpha value is -2.63. The van der Waals surface area contributed by atoms with Gasteiger partial charge in [0.15, 0.2) is 5.54 Å². The van der Waals surface area contributed by atoms with Crippen molar-refractivity contribution in [3.63, 3.8) is 0 Å². The lowest BCUT2D eigenvalue weighted by molar-refractivity contribution is -0.146. The average Bonchev–Trinajstić information content (AvgIpc) is 2.98. The minimum Gasteiger partial charge on any atom is -0.479 e. The van der Waals surface area contributed by atoms with Crippen LogP contribution >= 0.6 is 0 Å². The summed E-state index contributed by atoms with van der Waals surface area (Å²) in [5, 5.41) is 16.0. The first kappa shape index (κ1) is 17.7. The van der Waals surface area contributed by atoms with Gasteiger partial charge in [-0.25, -0.2) is 4.79 Å². The number of aromatic nitrogens is 2. The Labute approximate surface area is 141 Å². The molecule has 0 saturated heterocycles. The van der Waals surface area contributed by atoms with Gasteiger partial charge in [-0.15, -0.1) is 0 Å². The molecule has 2 aromatic rings. The minimum absolute atomic E-state index is 0.102. The van der Waals surface area contributed by atoms with Crippen LogP contribution in [0.3, 0.4) is 0 Å². The highest BCUT2D eigenvalue weighted by molar-refractivity contribution is 5.90. The van der Waals surface area contributed by atoms with E-state index in [9.17, 15) is 14.7 Å². The normalized spacial score (nSPS) is 11.3. The predicted molar refractivity (Wildman–Crippen MR) is 91.9 cm³/mol. The summed E-state index contributed by atoms with van der Waals surface area (Å²) in [6.07, 6.45) is 5.00. The van der Waals surface area contributed by atoms with Crippen molar-refractivity contribution in [2.75, 3.05) is 5.32 Å². The van der Waals surface area contributed by atoms with E-state index in [-0.39, 0.29) is 5.91 Å². The zero-order chi connectivity index (χ0) is 17.7. The van der Waals surface area contributed by atoms with Gasteiger partial charge in [-0.05, 0) is 39.2 Å². The van der Waals surface area contributed by atoms with Gasteiger partial charge in [0.1, 0.15) is 0 Å².